The zero-order valence-corrected chi connectivity index (χ0v) is 7.00. The van der Waals surface area contributed by atoms with Crippen molar-refractivity contribution in [3.8, 4) is 0 Å². The van der Waals surface area contributed by atoms with Crippen LogP contribution in [0.2, 0.25) is 0 Å². The topological polar surface area (TPSA) is 12.0 Å². The lowest BCUT2D eigenvalue weighted by atomic mass is 9.98. The molecule has 1 fully saturated rings. The zero-order valence-electron chi connectivity index (χ0n) is 6.18. The average Bonchev–Trinajstić information content (AvgIpc) is 1.77. The lowest BCUT2D eigenvalue weighted by molar-refractivity contribution is 0.343. The fraction of sp³-hybridized carbons (Fsp3) is 1.00. The minimum absolute atomic E-state index is 0. The summed E-state index contributed by atoms with van der Waals surface area (Å²) in [6, 6.07) is 0.770. The molecule has 0 bridgehead atoms. The Hall–Kier alpha value is 0.250. The molecule has 0 aliphatic carbocycles. The first-order valence-corrected chi connectivity index (χ1v) is 3.52. The molecule has 2 unspecified atom stereocenters. The molecule has 0 amide bonds. The molecular formula is C7H16ClN. The van der Waals surface area contributed by atoms with Gasteiger partial charge >= 0.3 is 0 Å². The van der Waals surface area contributed by atoms with Gasteiger partial charge in [-0.1, -0.05) is 6.92 Å². The highest BCUT2D eigenvalue weighted by molar-refractivity contribution is 5.85. The molecule has 1 heterocycles. The Morgan fingerprint density at radius 2 is 1.89 bits per heavy atom. The highest BCUT2D eigenvalue weighted by Gasteiger charge is 2.11. The Bertz CT molecular complexity index is 57.3. The molecule has 0 radical (unpaired) electrons. The Morgan fingerprint density at radius 3 is 2.22 bits per heavy atom. The third kappa shape index (κ3) is 3.07. The van der Waals surface area contributed by atoms with E-state index in [2.05, 4.69) is 19.2 Å². The maximum atomic E-state index is 3.43. The molecule has 2 atom stereocenters. The number of hydrogen-bond donors (Lipinski definition) is 1. The summed E-state index contributed by atoms with van der Waals surface area (Å²) in [5, 5.41) is 3.43. The molecule has 1 N–H and O–H groups in total. The largest absolute Gasteiger partial charge is 0.314 e. The van der Waals surface area contributed by atoms with Crippen LogP contribution in [0.5, 0.6) is 0 Å². The van der Waals surface area contributed by atoms with Crippen molar-refractivity contribution in [3.63, 3.8) is 0 Å². The number of halogens is 1. The Morgan fingerprint density at radius 1 is 1.22 bits per heavy atom. The van der Waals surface area contributed by atoms with E-state index in [-0.39, 0.29) is 12.4 Å². The van der Waals surface area contributed by atoms with Gasteiger partial charge in [-0.2, -0.15) is 0 Å². The maximum Gasteiger partial charge on any atom is 0.00389 e. The van der Waals surface area contributed by atoms with Gasteiger partial charge in [-0.25, -0.2) is 0 Å². The van der Waals surface area contributed by atoms with Crippen molar-refractivity contribution in [1.29, 1.82) is 0 Å². The van der Waals surface area contributed by atoms with Gasteiger partial charge in [0, 0.05) is 6.04 Å². The summed E-state index contributed by atoms with van der Waals surface area (Å²) in [4.78, 5) is 0. The van der Waals surface area contributed by atoms with Crippen molar-refractivity contribution in [1.82, 2.24) is 5.32 Å². The van der Waals surface area contributed by atoms with Crippen molar-refractivity contribution < 1.29 is 0 Å². The predicted molar refractivity (Wildman–Crippen MR) is 43.1 cm³/mol. The summed E-state index contributed by atoms with van der Waals surface area (Å²) < 4.78 is 0. The fourth-order valence-corrected chi connectivity index (χ4v) is 1.14. The van der Waals surface area contributed by atoms with Crippen LogP contribution >= 0.6 is 12.4 Å². The summed E-state index contributed by atoms with van der Waals surface area (Å²) in [6.45, 7) is 5.78. The third-order valence-corrected chi connectivity index (χ3v) is 1.91. The minimum atomic E-state index is 0. The molecule has 1 aliphatic heterocycles. The molecule has 1 rings (SSSR count). The van der Waals surface area contributed by atoms with Gasteiger partial charge in [-0.05, 0) is 32.2 Å². The molecule has 0 aromatic heterocycles. The van der Waals surface area contributed by atoms with Crippen LogP contribution in [0.4, 0.5) is 0 Å². The standard InChI is InChI=1S/C7H15N.ClH/c1-6-3-4-7(2)8-5-6;/h6-8H,3-5H2,1-2H3;1H. The first-order valence-electron chi connectivity index (χ1n) is 3.52. The van der Waals surface area contributed by atoms with Gasteiger partial charge in [0.2, 0.25) is 0 Å². The molecule has 0 aromatic rings. The number of piperidine rings is 1. The monoisotopic (exact) mass is 149 g/mol. The van der Waals surface area contributed by atoms with Gasteiger partial charge in [0.05, 0.1) is 0 Å². The lowest BCUT2D eigenvalue weighted by Gasteiger charge is -2.24. The summed E-state index contributed by atoms with van der Waals surface area (Å²) in [7, 11) is 0. The van der Waals surface area contributed by atoms with Crippen molar-refractivity contribution in [2.75, 3.05) is 6.54 Å². The van der Waals surface area contributed by atoms with E-state index in [9.17, 15) is 0 Å². The summed E-state index contributed by atoms with van der Waals surface area (Å²) in [5.74, 6) is 0.909. The molecule has 0 aromatic carbocycles. The van der Waals surface area contributed by atoms with E-state index in [0.29, 0.717) is 0 Å². The van der Waals surface area contributed by atoms with Crippen LogP contribution in [-0.2, 0) is 0 Å². The van der Waals surface area contributed by atoms with Crippen molar-refractivity contribution in [3.05, 3.63) is 0 Å². The second-order valence-corrected chi connectivity index (χ2v) is 2.99. The molecule has 2 heteroatoms. The Labute approximate surface area is 63.6 Å². The number of hydrogen-bond acceptors (Lipinski definition) is 1. The molecular weight excluding hydrogens is 134 g/mol. The minimum Gasteiger partial charge on any atom is -0.314 e. The molecule has 1 aliphatic rings. The van der Waals surface area contributed by atoms with Gasteiger partial charge in [-0.15, -0.1) is 12.4 Å². The quantitative estimate of drug-likeness (QED) is 0.554. The molecule has 1 nitrogen and oxygen atoms in total. The second kappa shape index (κ2) is 4.13. The van der Waals surface area contributed by atoms with Gasteiger partial charge in [0.15, 0.2) is 0 Å². The normalized spacial score (nSPS) is 35.3. The van der Waals surface area contributed by atoms with E-state index < -0.39 is 0 Å². The van der Waals surface area contributed by atoms with E-state index >= 15 is 0 Å². The van der Waals surface area contributed by atoms with Crippen molar-refractivity contribution >= 4 is 12.4 Å². The van der Waals surface area contributed by atoms with Crippen LogP contribution in [0.15, 0.2) is 0 Å². The highest BCUT2D eigenvalue weighted by Crippen LogP contribution is 2.11. The van der Waals surface area contributed by atoms with Crippen molar-refractivity contribution in [2.45, 2.75) is 32.7 Å². The second-order valence-electron chi connectivity index (χ2n) is 2.99. The molecule has 0 saturated carbocycles. The van der Waals surface area contributed by atoms with Crippen molar-refractivity contribution in [2.24, 2.45) is 5.92 Å². The number of nitrogens with one attached hydrogen (secondary N) is 1. The smallest absolute Gasteiger partial charge is 0.00389 e. The van der Waals surface area contributed by atoms with E-state index in [1.54, 1.807) is 0 Å². The number of rotatable bonds is 0. The lowest BCUT2D eigenvalue weighted by Crippen LogP contribution is -2.35. The molecule has 1 saturated heterocycles. The Balaban J connectivity index is 0.000000640. The van der Waals surface area contributed by atoms with Gasteiger partial charge in [-0.3, -0.25) is 0 Å². The Kier molecular flexibility index (Phi) is 4.24. The highest BCUT2D eigenvalue weighted by atomic mass is 35.5. The van der Waals surface area contributed by atoms with Crippen LogP contribution in [0.1, 0.15) is 26.7 Å². The average molecular weight is 150 g/mol. The summed E-state index contributed by atoms with van der Waals surface area (Å²) in [6.07, 6.45) is 2.77. The summed E-state index contributed by atoms with van der Waals surface area (Å²) in [5.41, 5.74) is 0. The van der Waals surface area contributed by atoms with E-state index in [1.165, 1.54) is 19.4 Å². The third-order valence-electron chi connectivity index (χ3n) is 1.91. The zero-order chi connectivity index (χ0) is 5.98. The van der Waals surface area contributed by atoms with Gasteiger partial charge in [0.25, 0.3) is 0 Å². The fourth-order valence-electron chi connectivity index (χ4n) is 1.14. The SMILES string of the molecule is CC1CCC(C)NC1.Cl. The van der Waals surface area contributed by atoms with Crippen LogP contribution < -0.4 is 5.32 Å². The van der Waals surface area contributed by atoms with E-state index in [0.717, 1.165) is 12.0 Å². The van der Waals surface area contributed by atoms with Crippen LogP contribution in [0, 0.1) is 5.92 Å². The molecule has 0 spiro atoms. The summed E-state index contributed by atoms with van der Waals surface area (Å²) >= 11 is 0. The molecule has 56 valence electrons. The van der Waals surface area contributed by atoms with E-state index in [4.69, 9.17) is 0 Å². The van der Waals surface area contributed by atoms with Gasteiger partial charge < -0.3 is 5.32 Å². The van der Waals surface area contributed by atoms with Crippen LogP contribution in [-0.4, -0.2) is 12.6 Å². The van der Waals surface area contributed by atoms with Gasteiger partial charge in [0.1, 0.15) is 0 Å². The first kappa shape index (κ1) is 9.25. The first-order chi connectivity index (χ1) is 3.79. The molecule has 9 heavy (non-hydrogen) atoms. The predicted octanol–water partition coefficient (Wildman–Crippen LogP) is 1.82. The van der Waals surface area contributed by atoms with Crippen LogP contribution in [0.25, 0.3) is 0 Å². The maximum absolute atomic E-state index is 3.43. The van der Waals surface area contributed by atoms with E-state index in [1.807, 2.05) is 0 Å². The van der Waals surface area contributed by atoms with Crippen LogP contribution in [0.3, 0.4) is 0 Å².